The van der Waals surface area contributed by atoms with E-state index in [1.165, 1.54) is 11.3 Å². The lowest BCUT2D eigenvalue weighted by molar-refractivity contribution is -0.155. The predicted octanol–water partition coefficient (Wildman–Crippen LogP) is 5.37. The van der Waals surface area contributed by atoms with Crippen molar-refractivity contribution >= 4 is 64.6 Å². The van der Waals surface area contributed by atoms with E-state index < -0.39 is 29.8 Å². The number of thiazole rings is 1. The van der Waals surface area contributed by atoms with Gasteiger partial charge in [-0.15, -0.1) is 23.7 Å². The minimum Gasteiger partial charge on any atom is -0.464 e. The molecular formula is C38H47Cl2N7O5S. The maximum absolute atomic E-state index is 13.3. The molecule has 12 nitrogen and oxygen atoms in total. The van der Waals surface area contributed by atoms with E-state index in [2.05, 4.69) is 30.1 Å². The van der Waals surface area contributed by atoms with Gasteiger partial charge in [0, 0.05) is 61.6 Å². The highest BCUT2D eigenvalue weighted by Gasteiger charge is 2.36. The van der Waals surface area contributed by atoms with Crippen LogP contribution in [0, 0.1) is 25.7 Å². The average molecular weight is 785 g/mol. The summed E-state index contributed by atoms with van der Waals surface area (Å²) in [6, 6.07) is 16.0. The topological polar surface area (TPSA) is 164 Å². The highest BCUT2D eigenvalue weighted by Crippen LogP contribution is 2.35. The molecule has 1 fully saturated rings. The number of ketones is 1. The highest BCUT2D eigenvalue weighted by molar-refractivity contribution is 7.17. The summed E-state index contributed by atoms with van der Waals surface area (Å²) in [5.74, 6) is -1.07. The van der Waals surface area contributed by atoms with Gasteiger partial charge in [-0.1, -0.05) is 67.9 Å². The number of esters is 1. The minimum absolute atomic E-state index is 0. The van der Waals surface area contributed by atoms with Gasteiger partial charge >= 0.3 is 5.97 Å². The smallest absolute Gasteiger partial charge is 0.316 e. The van der Waals surface area contributed by atoms with Crippen LogP contribution in [0.25, 0.3) is 10.4 Å². The first-order chi connectivity index (χ1) is 24.9. The van der Waals surface area contributed by atoms with E-state index in [9.17, 15) is 19.5 Å². The van der Waals surface area contributed by atoms with Crippen molar-refractivity contribution < 1.29 is 24.2 Å². The van der Waals surface area contributed by atoms with Gasteiger partial charge in [0.2, 0.25) is 0 Å². The summed E-state index contributed by atoms with van der Waals surface area (Å²) in [6.07, 6.45) is 0.752. The van der Waals surface area contributed by atoms with Crippen LogP contribution in [0.1, 0.15) is 47.0 Å². The van der Waals surface area contributed by atoms with Gasteiger partial charge in [0.1, 0.15) is 36.1 Å². The summed E-state index contributed by atoms with van der Waals surface area (Å²) in [6.45, 7) is 10.9. The Morgan fingerprint density at radius 2 is 1.75 bits per heavy atom. The molecule has 2 aromatic carbocycles. The van der Waals surface area contributed by atoms with Crippen LogP contribution in [0.2, 0.25) is 5.02 Å². The van der Waals surface area contributed by atoms with E-state index in [1.54, 1.807) is 19.2 Å². The molecule has 1 aliphatic rings. The summed E-state index contributed by atoms with van der Waals surface area (Å²) >= 11 is 7.69. The first-order valence-electron chi connectivity index (χ1n) is 17.4. The van der Waals surface area contributed by atoms with Gasteiger partial charge in [0.05, 0.1) is 4.88 Å². The second-order valence-electron chi connectivity index (χ2n) is 13.5. The van der Waals surface area contributed by atoms with Gasteiger partial charge in [-0.2, -0.15) is 0 Å². The number of nitrogens with one attached hydrogen (secondary N) is 1. The van der Waals surface area contributed by atoms with E-state index >= 15 is 0 Å². The Morgan fingerprint density at radius 3 is 2.43 bits per heavy atom. The van der Waals surface area contributed by atoms with Gasteiger partial charge in [0.15, 0.2) is 10.8 Å². The fourth-order valence-corrected chi connectivity index (χ4v) is 7.49. The number of carbonyl (C=O) groups excluding carboxylic acids is 3. The number of benzene rings is 2. The largest absolute Gasteiger partial charge is 0.464 e. The molecule has 1 saturated heterocycles. The number of aryl methyl sites for hydroxylation is 2. The molecular weight excluding hydrogens is 737 g/mol. The SMILES string of the molecule is Cc1nc(NC(=O)c2ncc(-c3c(C)cccc3Cl)s2)cc(N2CCN(CCOC(=O)C(CC(C)C)C(=O)[C@@H](O)[C@H](N)Cc3ccccc3)CC2)n1.Cl. The zero-order chi connectivity index (χ0) is 37.4. The van der Waals surface area contributed by atoms with Crippen LogP contribution in [0.4, 0.5) is 11.6 Å². The van der Waals surface area contributed by atoms with Crippen molar-refractivity contribution in [2.24, 2.45) is 17.6 Å². The minimum atomic E-state index is -1.48. The maximum atomic E-state index is 13.3. The molecule has 3 heterocycles. The quantitative estimate of drug-likeness (QED) is 0.105. The van der Waals surface area contributed by atoms with Crippen LogP contribution in [-0.2, 0) is 20.7 Å². The van der Waals surface area contributed by atoms with Crippen LogP contribution in [0.15, 0.2) is 60.8 Å². The molecule has 4 N–H and O–H groups in total. The summed E-state index contributed by atoms with van der Waals surface area (Å²) in [7, 11) is 0. The fraction of sp³-hybridized carbons (Fsp3) is 0.421. The molecule has 4 aromatic rings. The molecule has 3 atom stereocenters. The zero-order valence-electron chi connectivity index (χ0n) is 30.3. The number of hydrogen-bond donors (Lipinski definition) is 3. The highest BCUT2D eigenvalue weighted by atomic mass is 35.5. The number of aliphatic hydroxyl groups is 1. The van der Waals surface area contributed by atoms with Gasteiger partial charge in [-0.3, -0.25) is 19.3 Å². The number of Topliss-reactive ketones (excluding diaryl/α,β-unsaturated/α-hetero) is 1. The van der Waals surface area contributed by atoms with Crippen LogP contribution >= 0.6 is 35.3 Å². The summed E-state index contributed by atoms with van der Waals surface area (Å²) < 4.78 is 5.59. The van der Waals surface area contributed by atoms with E-state index in [0.717, 1.165) is 21.6 Å². The number of rotatable bonds is 15. The van der Waals surface area contributed by atoms with Crippen molar-refractivity contribution in [3.63, 3.8) is 0 Å². The lowest BCUT2D eigenvalue weighted by atomic mass is 9.87. The van der Waals surface area contributed by atoms with Crippen LogP contribution in [0.3, 0.4) is 0 Å². The number of nitrogens with zero attached hydrogens (tertiary/aromatic N) is 5. The van der Waals surface area contributed by atoms with Crippen molar-refractivity contribution in [3.05, 3.63) is 87.8 Å². The lowest BCUT2D eigenvalue weighted by Gasteiger charge is -2.35. The van der Waals surface area contributed by atoms with Crippen molar-refractivity contribution in [1.82, 2.24) is 19.9 Å². The number of hydrogen-bond acceptors (Lipinski definition) is 12. The third kappa shape index (κ3) is 11.3. The number of nitrogens with two attached hydrogens (primary N) is 1. The van der Waals surface area contributed by atoms with Crippen LogP contribution in [0.5, 0.6) is 0 Å². The average Bonchev–Trinajstić information content (AvgIpc) is 3.60. The molecule has 1 aliphatic heterocycles. The monoisotopic (exact) mass is 783 g/mol. The summed E-state index contributed by atoms with van der Waals surface area (Å²) in [5.41, 5.74) is 8.95. The Hall–Kier alpha value is -3.98. The third-order valence-corrected chi connectivity index (χ3v) is 10.3. The van der Waals surface area contributed by atoms with Crippen molar-refractivity contribution in [2.75, 3.05) is 49.5 Å². The maximum Gasteiger partial charge on any atom is 0.316 e. The molecule has 5 rings (SSSR count). The molecule has 0 saturated carbocycles. The number of anilines is 2. The number of carbonyl (C=O) groups is 3. The number of amides is 1. The van der Waals surface area contributed by atoms with Gasteiger partial charge < -0.3 is 25.8 Å². The molecule has 53 heavy (non-hydrogen) atoms. The van der Waals surface area contributed by atoms with Gasteiger partial charge in [-0.05, 0) is 49.8 Å². The van der Waals surface area contributed by atoms with E-state index in [0.29, 0.717) is 66.6 Å². The number of piperazine rings is 1. The molecule has 0 spiro atoms. The van der Waals surface area contributed by atoms with Crippen LogP contribution < -0.4 is 16.0 Å². The molecule has 1 amide bonds. The zero-order valence-corrected chi connectivity index (χ0v) is 32.7. The lowest BCUT2D eigenvalue weighted by Crippen LogP contribution is -2.48. The molecule has 1 unspecified atom stereocenters. The molecule has 284 valence electrons. The molecule has 0 radical (unpaired) electrons. The van der Waals surface area contributed by atoms with Crippen molar-refractivity contribution in [2.45, 2.75) is 52.7 Å². The van der Waals surface area contributed by atoms with E-state index in [4.69, 9.17) is 22.1 Å². The predicted molar refractivity (Wildman–Crippen MR) is 211 cm³/mol. The standard InChI is InChI=1S/C38H46ClN7O5S.ClH/c1-23(2)19-27(34(47)35(48)29(40)20-26-10-6-5-7-11-26)38(50)51-18-17-45-13-15-46(16-14-45)32-21-31(42-25(4)43-32)44-36(49)37-41-22-30(52-37)33-24(3)9-8-12-28(33)39;/h5-12,21-23,27,29,35,48H,13-20,40H2,1-4H3,(H,42,43,44,49);1H/t27?,29-,35+;/m1./s1. The fourth-order valence-electron chi connectivity index (χ4n) is 6.18. The Kier molecular flexibility index (Phi) is 15.3. The number of aliphatic hydroxyl groups excluding tert-OH is 1. The van der Waals surface area contributed by atoms with E-state index in [1.807, 2.05) is 69.3 Å². The van der Waals surface area contributed by atoms with E-state index in [-0.39, 0.29) is 37.3 Å². The molecule has 15 heteroatoms. The summed E-state index contributed by atoms with van der Waals surface area (Å²) in [4.78, 5) is 58.0. The van der Waals surface area contributed by atoms with Gasteiger partial charge in [0.25, 0.3) is 5.91 Å². The molecule has 2 aromatic heterocycles. The Bertz CT molecular complexity index is 1830. The van der Waals surface area contributed by atoms with Crippen molar-refractivity contribution in [3.8, 4) is 10.4 Å². The summed E-state index contributed by atoms with van der Waals surface area (Å²) in [5, 5.41) is 14.5. The molecule has 0 bridgehead atoms. The first-order valence-corrected chi connectivity index (χ1v) is 18.6. The first kappa shape index (κ1) is 41.8. The Labute approximate surface area is 325 Å². The van der Waals surface area contributed by atoms with Crippen LogP contribution in [-0.4, -0.2) is 94.1 Å². The number of ether oxygens (including phenoxy) is 1. The second-order valence-corrected chi connectivity index (χ2v) is 14.9. The van der Waals surface area contributed by atoms with Crippen molar-refractivity contribution in [1.29, 1.82) is 0 Å². The molecule has 0 aliphatic carbocycles. The third-order valence-electron chi connectivity index (χ3n) is 8.93. The number of aromatic nitrogens is 3. The Morgan fingerprint density at radius 1 is 1.04 bits per heavy atom. The number of halogens is 2. The normalized spacial score (nSPS) is 15.0. The van der Waals surface area contributed by atoms with Gasteiger partial charge in [-0.25, -0.2) is 15.0 Å². The Balaban J connectivity index is 0.00000627. The second kappa shape index (κ2) is 19.4.